The number of nitrogens with one attached hydrogen (secondary N) is 1. The first-order valence-corrected chi connectivity index (χ1v) is 6.90. The van der Waals surface area contributed by atoms with Crippen molar-refractivity contribution < 1.29 is 19.4 Å². The SMILES string of the molecule is CCOc1cccc(CO)c1OCC(=O)NC(C)CC. The highest BCUT2D eigenvalue weighted by molar-refractivity contribution is 5.78. The van der Waals surface area contributed by atoms with Crippen LogP contribution in [0.5, 0.6) is 11.5 Å². The summed E-state index contributed by atoms with van der Waals surface area (Å²) in [7, 11) is 0. The minimum absolute atomic E-state index is 0.0958. The molecule has 1 atom stereocenters. The van der Waals surface area contributed by atoms with E-state index in [0.717, 1.165) is 6.42 Å². The van der Waals surface area contributed by atoms with E-state index in [4.69, 9.17) is 9.47 Å². The smallest absolute Gasteiger partial charge is 0.258 e. The van der Waals surface area contributed by atoms with Crippen LogP contribution < -0.4 is 14.8 Å². The first-order chi connectivity index (χ1) is 9.62. The van der Waals surface area contributed by atoms with Crippen LogP contribution >= 0.6 is 0 Å². The van der Waals surface area contributed by atoms with Crippen LogP contribution in [0.4, 0.5) is 0 Å². The monoisotopic (exact) mass is 281 g/mol. The molecule has 0 bridgehead atoms. The summed E-state index contributed by atoms with van der Waals surface area (Å²) in [5.74, 6) is 0.779. The number of benzene rings is 1. The van der Waals surface area contributed by atoms with Crippen molar-refractivity contribution in [1.29, 1.82) is 0 Å². The highest BCUT2D eigenvalue weighted by Gasteiger charge is 2.13. The Bertz CT molecular complexity index is 434. The van der Waals surface area contributed by atoms with Gasteiger partial charge < -0.3 is 19.9 Å². The predicted octanol–water partition coefficient (Wildman–Crippen LogP) is 1.87. The lowest BCUT2D eigenvalue weighted by Crippen LogP contribution is -2.35. The Balaban J connectivity index is 2.72. The van der Waals surface area contributed by atoms with E-state index in [9.17, 15) is 9.90 Å². The summed E-state index contributed by atoms with van der Waals surface area (Å²) in [4.78, 5) is 11.7. The van der Waals surface area contributed by atoms with Crippen molar-refractivity contribution in [1.82, 2.24) is 5.32 Å². The van der Waals surface area contributed by atoms with E-state index in [1.807, 2.05) is 20.8 Å². The molecule has 0 aliphatic rings. The molecule has 0 radical (unpaired) electrons. The van der Waals surface area contributed by atoms with Gasteiger partial charge in [-0.25, -0.2) is 0 Å². The van der Waals surface area contributed by atoms with Crippen LogP contribution in [-0.2, 0) is 11.4 Å². The molecule has 1 aromatic rings. The molecule has 0 aliphatic carbocycles. The Morgan fingerprint density at radius 1 is 1.35 bits per heavy atom. The molecule has 1 amide bonds. The molecule has 0 saturated heterocycles. The number of hydrogen-bond acceptors (Lipinski definition) is 4. The standard InChI is InChI=1S/C15H23NO4/c1-4-11(3)16-14(18)10-20-15-12(9-17)7-6-8-13(15)19-5-2/h6-8,11,17H,4-5,9-10H2,1-3H3,(H,16,18). The maximum absolute atomic E-state index is 11.7. The topological polar surface area (TPSA) is 67.8 Å². The van der Waals surface area contributed by atoms with E-state index in [2.05, 4.69) is 5.32 Å². The van der Waals surface area contributed by atoms with Gasteiger partial charge in [0.15, 0.2) is 18.1 Å². The third kappa shape index (κ3) is 4.74. The molecule has 1 rings (SSSR count). The summed E-state index contributed by atoms with van der Waals surface area (Å²) >= 11 is 0. The fraction of sp³-hybridized carbons (Fsp3) is 0.533. The zero-order valence-electron chi connectivity index (χ0n) is 12.3. The molecule has 5 nitrogen and oxygen atoms in total. The molecule has 5 heteroatoms. The Morgan fingerprint density at radius 3 is 2.70 bits per heavy atom. The predicted molar refractivity (Wildman–Crippen MR) is 76.9 cm³/mol. The van der Waals surface area contributed by atoms with Crippen LogP contribution in [0.2, 0.25) is 0 Å². The molecular weight excluding hydrogens is 258 g/mol. The molecule has 0 spiro atoms. The summed E-state index contributed by atoms with van der Waals surface area (Å²) < 4.78 is 11.0. The fourth-order valence-electron chi connectivity index (χ4n) is 1.68. The average molecular weight is 281 g/mol. The lowest BCUT2D eigenvalue weighted by Gasteiger charge is -2.16. The maximum Gasteiger partial charge on any atom is 0.258 e. The third-order valence-electron chi connectivity index (χ3n) is 2.90. The molecule has 0 aliphatic heterocycles. The highest BCUT2D eigenvalue weighted by Crippen LogP contribution is 2.31. The molecule has 1 aromatic carbocycles. The van der Waals surface area contributed by atoms with Gasteiger partial charge in [-0.15, -0.1) is 0 Å². The van der Waals surface area contributed by atoms with Crippen LogP contribution in [0.25, 0.3) is 0 Å². The fourth-order valence-corrected chi connectivity index (χ4v) is 1.68. The van der Waals surface area contributed by atoms with Gasteiger partial charge >= 0.3 is 0 Å². The summed E-state index contributed by atoms with van der Waals surface area (Å²) in [6, 6.07) is 5.39. The summed E-state index contributed by atoms with van der Waals surface area (Å²) in [6.07, 6.45) is 0.864. The van der Waals surface area contributed by atoms with Crippen molar-refractivity contribution in [3.8, 4) is 11.5 Å². The van der Waals surface area contributed by atoms with Crippen molar-refractivity contribution in [3.05, 3.63) is 23.8 Å². The molecule has 20 heavy (non-hydrogen) atoms. The second-order valence-corrected chi connectivity index (χ2v) is 4.50. The second kappa shape index (κ2) is 8.43. The number of aliphatic hydroxyl groups excluding tert-OH is 1. The van der Waals surface area contributed by atoms with Crippen LogP contribution in [0.3, 0.4) is 0 Å². The van der Waals surface area contributed by atoms with E-state index in [1.165, 1.54) is 0 Å². The average Bonchev–Trinajstić information content (AvgIpc) is 2.45. The molecular formula is C15H23NO4. The van der Waals surface area contributed by atoms with E-state index in [1.54, 1.807) is 18.2 Å². The van der Waals surface area contributed by atoms with Gasteiger partial charge in [0.1, 0.15) is 0 Å². The molecule has 1 unspecified atom stereocenters. The Hall–Kier alpha value is -1.75. The van der Waals surface area contributed by atoms with Crippen molar-refractivity contribution >= 4 is 5.91 Å². The number of amides is 1. The van der Waals surface area contributed by atoms with Gasteiger partial charge in [0.25, 0.3) is 5.91 Å². The van der Waals surface area contributed by atoms with Crippen molar-refractivity contribution in [2.24, 2.45) is 0 Å². The third-order valence-corrected chi connectivity index (χ3v) is 2.90. The minimum atomic E-state index is -0.186. The maximum atomic E-state index is 11.7. The number of carbonyl (C=O) groups is 1. The Morgan fingerprint density at radius 2 is 2.10 bits per heavy atom. The van der Waals surface area contributed by atoms with E-state index in [-0.39, 0.29) is 25.2 Å². The number of rotatable bonds is 8. The van der Waals surface area contributed by atoms with Gasteiger partial charge in [-0.05, 0) is 26.3 Å². The van der Waals surface area contributed by atoms with Crippen molar-refractivity contribution in [3.63, 3.8) is 0 Å². The quantitative estimate of drug-likeness (QED) is 0.763. The minimum Gasteiger partial charge on any atom is -0.490 e. The van der Waals surface area contributed by atoms with Gasteiger partial charge in [0.05, 0.1) is 13.2 Å². The van der Waals surface area contributed by atoms with Crippen LogP contribution in [0, 0.1) is 0 Å². The van der Waals surface area contributed by atoms with Crippen molar-refractivity contribution in [2.75, 3.05) is 13.2 Å². The molecule has 112 valence electrons. The number of aliphatic hydroxyl groups is 1. The lowest BCUT2D eigenvalue weighted by molar-refractivity contribution is -0.123. The van der Waals surface area contributed by atoms with E-state index >= 15 is 0 Å². The van der Waals surface area contributed by atoms with Gasteiger partial charge in [0, 0.05) is 11.6 Å². The van der Waals surface area contributed by atoms with Crippen LogP contribution in [-0.4, -0.2) is 30.3 Å². The van der Waals surface area contributed by atoms with Crippen LogP contribution in [0.15, 0.2) is 18.2 Å². The van der Waals surface area contributed by atoms with Gasteiger partial charge in [-0.1, -0.05) is 19.1 Å². The summed E-state index contributed by atoms with van der Waals surface area (Å²) in [6.45, 7) is 6.03. The summed E-state index contributed by atoms with van der Waals surface area (Å²) in [5, 5.41) is 12.1. The van der Waals surface area contributed by atoms with Gasteiger partial charge in [0.2, 0.25) is 0 Å². The second-order valence-electron chi connectivity index (χ2n) is 4.50. The number of para-hydroxylation sites is 1. The van der Waals surface area contributed by atoms with Crippen LogP contribution in [0.1, 0.15) is 32.8 Å². The molecule has 0 saturated carbocycles. The highest BCUT2D eigenvalue weighted by atomic mass is 16.5. The Kier molecular flexibility index (Phi) is 6.87. The first kappa shape index (κ1) is 16.3. The zero-order chi connectivity index (χ0) is 15.0. The van der Waals surface area contributed by atoms with E-state index in [0.29, 0.717) is 23.7 Å². The number of carbonyl (C=O) groups excluding carboxylic acids is 1. The summed E-state index contributed by atoms with van der Waals surface area (Å²) in [5.41, 5.74) is 0.604. The first-order valence-electron chi connectivity index (χ1n) is 6.90. The van der Waals surface area contributed by atoms with Gasteiger partial charge in [-0.2, -0.15) is 0 Å². The Labute approximate surface area is 119 Å². The van der Waals surface area contributed by atoms with Crippen molar-refractivity contribution in [2.45, 2.75) is 39.8 Å². The normalized spacial score (nSPS) is 11.8. The largest absolute Gasteiger partial charge is 0.490 e. The van der Waals surface area contributed by atoms with Gasteiger partial charge in [-0.3, -0.25) is 4.79 Å². The molecule has 2 N–H and O–H groups in total. The van der Waals surface area contributed by atoms with E-state index < -0.39 is 0 Å². The number of hydrogen-bond donors (Lipinski definition) is 2. The molecule has 0 aromatic heterocycles. The molecule has 0 fully saturated rings. The molecule has 0 heterocycles. The number of ether oxygens (including phenoxy) is 2. The zero-order valence-corrected chi connectivity index (χ0v) is 12.3. The lowest BCUT2D eigenvalue weighted by atomic mass is 10.2.